The molecule has 0 saturated carbocycles. The van der Waals surface area contributed by atoms with Crippen molar-refractivity contribution in [2.24, 2.45) is 0 Å². The van der Waals surface area contributed by atoms with Crippen molar-refractivity contribution in [1.29, 1.82) is 0 Å². The molecule has 0 spiro atoms. The van der Waals surface area contributed by atoms with E-state index in [1.54, 1.807) is 30.3 Å². The lowest BCUT2D eigenvalue weighted by Crippen LogP contribution is -2.41. The highest BCUT2D eigenvalue weighted by Gasteiger charge is 2.28. The smallest absolute Gasteiger partial charge is 0.440 e. The number of nitrogens with zero attached hydrogens (tertiary/aromatic N) is 3. The Morgan fingerprint density at radius 3 is 2.61 bits per heavy atom. The maximum atomic E-state index is 12.3. The third-order valence-electron chi connectivity index (χ3n) is 2.68. The van der Waals surface area contributed by atoms with Crippen molar-refractivity contribution in [3.05, 3.63) is 48.2 Å². The van der Waals surface area contributed by atoms with Crippen LogP contribution in [-0.2, 0) is 15.8 Å². The Kier molecular flexibility index (Phi) is 4.96. The van der Waals surface area contributed by atoms with Gasteiger partial charge in [0.15, 0.2) is 0 Å². The molecule has 1 aromatic heterocycles. The van der Waals surface area contributed by atoms with Gasteiger partial charge in [-0.2, -0.15) is 4.98 Å². The fourth-order valence-corrected chi connectivity index (χ4v) is 2.89. The van der Waals surface area contributed by atoms with E-state index < -0.39 is 21.9 Å². The Balaban J connectivity index is 2.25. The molecule has 2 N–H and O–H groups in total. The first kappa shape index (κ1) is 16.5. The number of amides is 1. The molecule has 0 atom stereocenters. The number of sulfonamides is 1. The lowest BCUT2D eigenvalue weighted by molar-refractivity contribution is 0.177. The summed E-state index contributed by atoms with van der Waals surface area (Å²) in [6, 6.07) is 9.66. The minimum Gasteiger partial charge on any atom is -0.481 e. The average molecular weight is 338 g/mol. The van der Waals surface area contributed by atoms with Gasteiger partial charge in [0, 0.05) is 12.3 Å². The summed E-state index contributed by atoms with van der Waals surface area (Å²) in [5, 5.41) is 9.17. The van der Waals surface area contributed by atoms with Crippen LogP contribution in [0, 0.1) is 0 Å². The highest BCUT2D eigenvalue weighted by atomic mass is 32.2. The number of hydrogen-bond donors (Lipinski definition) is 2. The van der Waals surface area contributed by atoms with Crippen molar-refractivity contribution < 1.29 is 23.1 Å². The van der Waals surface area contributed by atoms with E-state index in [-0.39, 0.29) is 16.2 Å². The summed E-state index contributed by atoms with van der Waals surface area (Å²) in [6.07, 6.45) is -0.398. The lowest BCUT2D eigenvalue weighted by Gasteiger charge is -2.19. The van der Waals surface area contributed by atoms with Crippen LogP contribution in [0.25, 0.3) is 0 Å². The van der Waals surface area contributed by atoms with Crippen LogP contribution in [0.3, 0.4) is 0 Å². The van der Waals surface area contributed by atoms with E-state index >= 15 is 0 Å². The molecule has 2 aromatic rings. The van der Waals surface area contributed by atoms with E-state index in [4.69, 9.17) is 4.74 Å². The summed E-state index contributed by atoms with van der Waals surface area (Å²) in [7, 11) is -2.82. The molecule has 10 heteroatoms. The van der Waals surface area contributed by atoms with Gasteiger partial charge in [0.05, 0.1) is 12.9 Å². The molecule has 1 amide bonds. The van der Waals surface area contributed by atoms with Gasteiger partial charge in [-0.3, -0.25) is 0 Å². The number of carboxylic acid groups (broad SMARTS) is 1. The molecule has 1 heterocycles. The van der Waals surface area contributed by atoms with Crippen molar-refractivity contribution in [2.75, 3.05) is 12.5 Å². The van der Waals surface area contributed by atoms with Gasteiger partial charge >= 0.3 is 6.09 Å². The molecule has 0 aliphatic heterocycles. The van der Waals surface area contributed by atoms with E-state index in [0.717, 1.165) is 0 Å². The predicted octanol–water partition coefficient (Wildman–Crippen LogP) is 1.32. The number of ether oxygens (including phenoxy) is 1. The number of methoxy groups -OCH3 is 1. The number of hydrogen-bond acceptors (Lipinski definition) is 7. The van der Waals surface area contributed by atoms with Crippen LogP contribution in [-0.4, -0.2) is 41.1 Å². The van der Waals surface area contributed by atoms with E-state index in [0.29, 0.717) is 5.56 Å². The molecule has 1 aromatic carbocycles. The van der Waals surface area contributed by atoms with Gasteiger partial charge in [0.2, 0.25) is 11.8 Å². The maximum absolute atomic E-state index is 12.3. The molecular weight excluding hydrogens is 324 g/mol. The SMILES string of the molecule is COc1ccnc(NN(C(=O)O)S(=O)(=O)Cc2ccccc2)n1. The Morgan fingerprint density at radius 1 is 1.30 bits per heavy atom. The van der Waals surface area contributed by atoms with Gasteiger partial charge in [-0.05, 0) is 5.56 Å². The first-order valence-electron chi connectivity index (χ1n) is 6.36. The summed E-state index contributed by atoms with van der Waals surface area (Å²) in [5.74, 6) is -0.548. The standard InChI is InChI=1S/C13H14N4O5S/c1-22-11-7-8-14-12(15-11)16-17(13(18)19)23(20,21)9-10-5-3-2-4-6-10/h2-8H,9H2,1H3,(H,18,19)(H,14,15,16). The normalized spacial score (nSPS) is 10.8. The first-order chi connectivity index (χ1) is 10.9. The molecule has 0 aliphatic rings. The Morgan fingerprint density at radius 2 is 2.00 bits per heavy atom. The molecule has 2 rings (SSSR count). The number of anilines is 1. The van der Waals surface area contributed by atoms with Crippen LogP contribution >= 0.6 is 0 Å². The summed E-state index contributed by atoms with van der Waals surface area (Å²) in [4.78, 5) is 18.9. The zero-order valence-electron chi connectivity index (χ0n) is 12.1. The van der Waals surface area contributed by atoms with Gasteiger partial charge in [-0.1, -0.05) is 30.3 Å². The summed E-state index contributed by atoms with van der Waals surface area (Å²) in [5.41, 5.74) is 2.61. The molecule has 0 bridgehead atoms. The summed E-state index contributed by atoms with van der Waals surface area (Å²) >= 11 is 0. The van der Waals surface area contributed by atoms with Gasteiger partial charge in [-0.15, -0.1) is 4.41 Å². The minimum atomic E-state index is -4.19. The van der Waals surface area contributed by atoms with Crippen LogP contribution in [0.5, 0.6) is 5.88 Å². The Hall–Kier alpha value is -2.88. The Labute approximate surface area is 132 Å². The molecule has 9 nitrogen and oxygen atoms in total. The van der Waals surface area contributed by atoms with Crippen LogP contribution in [0.4, 0.5) is 10.7 Å². The lowest BCUT2D eigenvalue weighted by atomic mass is 10.2. The van der Waals surface area contributed by atoms with Crippen LogP contribution in [0.1, 0.15) is 5.56 Å². The molecule has 122 valence electrons. The maximum Gasteiger partial charge on any atom is 0.440 e. The number of nitrogens with one attached hydrogen (secondary N) is 1. The molecule has 0 radical (unpaired) electrons. The molecule has 0 fully saturated rings. The largest absolute Gasteiger partial charge is 0.481 e. The molecular formula is C13H14N4O5S. The second kappa shape index (κ2) is 6.92. The average Bonchev–Trinajstić information content (AvgIpc) is 2.53. The third-order valence-corrected chi connectivity index (χ3v) is 4.19. The van der Waals surface area contributed by atoms with Crippen molar-refractivity contribution in [2.45, 2.75) is 5.75 Å². The van der Waals surface area contributed by atoms with Crippen molar-refractivity contribution in [1.82, 2.24) is 14.4 Å². The molecule has 0 unspecified atom stereocenters. The summed E-state index contributed by atoms with van der Waals surface area (Å²) in [6.45, 7) is 0. The van der Waals surface area contributed by atoms with E-state index in [9.17, 15) is 18.3 Å². The van der Waals surface area contributed by atoms with Crippen molar-refractivity contribution in [3.63, 3.8) is 0 Å². The van der Waals surface area contributed by atoms with Gasteiger partial charge in [0.1, 0.15) is 0 Å². The van der Waals surface area contributed by atoms with Gasteiger partial charge in [0.25, 0.3) is 10.0 Å². The van der Waals surface area contributed by atoms with E-state index in [1.165, 1.54) is 19.4 Å². The monoisotopic (exact) mass is 338 g/mol. The number of aromatic nitrogens is 2. The number of rotatable bonds is 6. The fraction of sp³-hybridized carbons (Fsp3) is 0.154. The van der Waals surface area contributed by atoms with Gasteiger partial charge < -0.3 is 9.84 Å². The van der Waals surface area contributed by atoms with Gasteiger partial charge in [-0.25, -0.2) is 23.6 Å². The quantitative estimate of drug-likeness (QED) is 0.756. The van der Waals surface area contributed by atoms with Crippen LogP contribution in [0.15, 0.2) is 42.6 Å². The number of hydrazine groups is 1. The van der Waals surface area contributed by atoms with Crippen LogP contribution < -0.4 is 10.2 Å². The second-order valence-corrected chi connectivity index (χ2v) is 6.14. The molecule has 23 heavy (non-hydrogen) atoms. The van der Waals surface area contributed by atoms with E-state index in [1.807, 2.05) is 0 Å². The zero-order chi connectivity index (χ0) is 16.9. The molecule has 0 aliphatic carbocycles. The first-order valence-corrected chi connectivity index (χ1v) is 7.97. The third kappa shape index (κ3) is 4.30. The van der Waals surface area contributed by atoms with Crippen molar-refractivity contribution >= 4 is 22.1 Å². The number of benzene rings is 1. The number of carbonyl (C=O) groups is 1. The molecule has 0 saturated heterocycles. The van der Waals surface area contributed by atoms with E-state index in [2.05, 4.69) is 15.4 Å². The second-order valence-electron chi connectivity index (χ2n) is 4.32. The summed E-state index contributed by atoms with van der Waals surface area (Å²) < 4.78 is 29.5. The van der Waals surface area contributed by atoms with Crippen molar-refractivity contribution in [3.8, 4) is 5.88 Å². The highest BCUT2D eigenvalue weighted by molar-refractivity contribution is 7.88. The van der Waals surface area contributed by atoms with Crippen LogP contribution in [0.2, 0.25) is 0 Å². The fourth-order valence-electron chi connectivity index (χ4n) is 1.69. The predicted molar refractivity (Wildman–Crippen MR) is 81.1 cm³/mol. The minimum absolute atomic E-state index is 0.0781. The Bertz CT molecular complexity index is 782. The topological polar surface area (TPSA) is 122 Å². The zero-order valence-corrected chi connectivity index (χ0v) is 12.9. The highest BCUT2D eigenvalue weighted by Crippen LogP contribution is 2.14.